The zero-order chi connectivity index (χ0) is 20.3. The van der Waals surface area contributed by atoms with Gasteiger partial charge < -0.3 is 14.4 Å². The average Bonchev–Trinajstić information content (AvgIpc) is 2.68. The molecule has 5 nitrogen and oxygen atoms in total. The van der Waals surface area contributed by atoms with Crippen molar-refractivity contribution in [3.63, 3.8) is 0 Å². The Labute approximate surface area is 165 Å². The first kappa shape index (κ1) is 19.8. The van der Waals surface area contributed by atoms with E-state index in [0.29, 0.717) is 12.1 Å². The fourth-order valence-electron chi connectivity index (χ4n) is 3.66. The average molecular weight is 379 g/mol. The second kappa shape index (κ2) is 8.40. The molecule has 146 valence electrons. The van der Waals surface area contributed by atoms with Crippen LogP contribution in [0, 0.1) is 13.8 Å². The first-order valence-electron chi connectivity index (χ1n) is 9.36. The molecule has 0 saturated heterocycles. The summed E-state index contributed by atoms with van der Waals surface area (Å²) in [6.45, 7) is 5.40. The number of hydrogen-bond acceptors (Lipinski definition) is 4. The standard InChI is InChI=1S/C23H26N2O3/c1-15-10-11-21(27-4)17(12-15)13-25(3)14-20-22(23(26)28-5)16(2)18-8-6-7-9-19(18)24-20/h6-12H,13-14H2,1-5H3/p+1. The van der Waals surface area contributed by atoms with E-state index in [4.69, 9.17) is 14.5 Å². The normalized spacial score (nSPS) is 12.0. The Hall–Kier alpha value is -2.92. The number of quaternary nitrogens is 1. The van der Waals surface area contributed by atoms with Crippen molar-refractivity contribution in [2.75, 3.05) is 21.3 Å². The number of methoxy groups -OCH3 is 2. The molecule has 1 atom stereocenters. The minimum Gasteiger partial charge on any atom is -0.496 e. The van der Waals surface area contributed by atoms with E-state index >= 15 is 0 Å². The number of carbonyl (C=O) groups is 1. The highest BCUT2D eigenvalue weighted by Crippen LogP contribution is 2.23. The van der Waals surface area contributed by atoms with E-state index in [1.165, 1.54) is 17.6 Å². The number of nitrogens with zero attached hydrogens (tertiary/aromatic N) is 1. The number of esters is 1. The topological polar surface area (TPSA) is 52.9 Å². The van der Waals surface area contributed by atoms with Crippen LogP contribution < -0.4 is 9.64 Å². The van der Waals surface area contributed by atoms with Gasteiger partial charge in [-0.3, -0.25) is 0 Å². The molecule has 0 radical (unpaired) electrons. The summed E-state index contributed by atoms with van der Waals surface area (Å²) in [7, 11) is 5.19. The molecule has 0 aliphatic rings. The van der Waals surface area contributed by atoms with Crippen LogP contribution in [0.15, 0.2) is 42.5 Å². The first-order chi connectivity index (χ1) is 13.4. The van der Waals surface area contributed by atoms with Gasteiger partial charge in [-0.05, 0) is 37.6 Å². The molecule has 5 heteroatoms. The Bertz CT molecular complexity index is 1010. The molecule has 0 saturated carbocycles. The first-order valence-corrected chi connectivity index (χ1v) is 9.36. The highest BCUT2D eigenvalue weighted by atomic mass is 16.5. The number of rotatable bonds is 6. The summed E-state index contributed by atoms with van der Waals surface area (Å²) < 4.78 is 10.6. The minimum absolute atomic E-state index is 0.341. The number of para-hydroxylation sites is 1. The molecule has 1 heterocycles. The Morgan fingerprint density at radius 1 is 1.07 bits per heavy atom. The third-order valence-corrected chi connectivity index (χ3v) is 5.01. The van der Waals surface area contributed by atoms with Crippen LogP contribution >= 0.6 is 0 Å². The lowest BCUT2D eigenvalue weighted by molar-refractivity contribution is -0.908. The summed E-state index contributed by atoms with van der Waals surface area (Å²) in [6.07, 6.45) is 0. The molecule has 28 heavy (non-hydrogen) atoms. The van der Waals surface area contributed by atoms with E-state index in [0.717, 1.165) is 40.0 Å². The number of benzene rings is 2. The fraction of sp³-hybridized carbons (Fsp3) is 0.304. The number of nitrogens with one attached hydrogen (secondary N) is 1. The molecule has 0 aliphatic heterocycles. The molecule has 0 spiro atoms. The Kier molecular flexibility index (Phi) is 5.95. The molecule has 0 amide bonds. The van der Waals surface area contributed by atoms with Gasteiger partial charge in [0.05, 0.1) is 32.3 Å². The van der Waals surface area contributed by atoms with Crippen LogP contribution in [0.4, 0.5) is 0 Å². The summed E-state index contributed by atoms with van der Waals surface area (Å²) in [6, 6.07) is 14.1. The quantitative estimate of drug-likeness (QED) is 0.669. The minimum atomic E-state index is -0.341. The number of aryl methyl sites for hydroxylation is 2. The van der Waals surface area contributed by atoms with Crippen molar-refractivity contribution in [3.8, 4) is 5.75 Å². The number of pyridine rings is 1. The molecule has 0 fully saturated rings. The van der Waals surface area contributed by atoms with Crippen molar-refractivity contribution in [1.29, 1.82) is 0 Å². The van der Waals surface area contributed by atoms with Crippen LogP contribution in [0.25, 0.3) is 10.9 Å². The highest BCUT2D eigenvalue weighted by Gasteiger charge is 2.22. The second-order valence-electron chi connectivity index (χ2n) is 7.19. The smallest absolute Gasteiger partial charge is 0.340 e. The van der Waals surface area contributed by atoms with Crippen molar-refractivity contribution in [2.45, 2.75) is 26.9 Å². The lowest BCUT2D eigenvalue weighted by Gasteiger charge is -2.19. The predicted octanol–water partition coefficient (Wildman–Crippen LogP) is 2.86. The zero-order valence-electron chi connectivity index (χ0n) is 17.1. The summed E-state index contributed by atoms with van der Waals surface area (Å²) in [5.41, 5.74) is 5.46. The van der Waals surface area contributed by atoms with Crippen molar-refractivity contribution >= 4 is 16.9 Å². The second-order valence-corrected chi connectivity index (χ2v) is 7.19. The predicted molar refractivity (Wildman–Crippen MR) is 110 cm³/mol. The van der Waals surface area contributed by atoms with Crippen molar-refractivity contribution in [1.82, 2.24) is 4.98 Å². The fourth-order valence-corrected chi connectivity index (χ4v) is 3.66. The van der Waals surface area contributed by atoms with Crippen molar-refractivity contribution in [2.24, 2.45) is 0 Å². The van der Waals surface area contributed by atoms with Gasteiger partial charge >= 0.3 is 5.97 Å². The molecule has 1 unspecified atom stereocenters. The zero-order valence-corrected chi connectivity index (χ0v) is 17.1. The molecule has 3 aromatic rings. The van der Waals surface area contributed by atoms with Gasteiger partial charge in [-0.15, -0.1) is 0 Å². The van der Waals surface area contributed by atoms with Crippen LogP contribution in [0.1, 0.15) is 32.7 Å². The van der Waals surface area contributed by atoms with E-state index in [1.54, 1.807) is 7.11 Å². The SMILES string of the molecule is COC(=O)c1c(C[NH+](C)Cc2cc(C)ccc2OC)nc2ccccc2c1C. The molecule has 1 N–H and O–H groups in total. The maximum Gasteiger partial charge on any atom is 0.340 e. The van der Waals surface area contributed by atoms with E-state index in [-0.39, 0.29) is 5.97 Å². The lowest BCUT2D eigenvalue weighted by Crippen LogP contribution is -3.06. The Morgan fingerprint density at radius 3 is 2.54 bits per heavy atom. The largest absolute Gasteiger partial charge is 0.496 e. The number of fused-ring (bicyclic) bond motifs is 1. The molecule has 1 aromatic heterocycles. The summed E-state index contributed by atoms with van der Waals surface area (Å²) in [5.74, 6) is 0.535. The lowest BCUT2D eigenvalue weighted by atomic mass is 10.0. The molecule has 0 aliphatic carbocycles. The van der Waals surface area contributed by atoms with Crippen LogP contribution in [0.5, 0.6) is 5.75 Å². The van der Waals surface area contributed by atoms with Crippen LogP contribution in [-0.2, 0) is 17.8 Å². The van der Waals surface area contributed by atoms with Crippen LogP contribution in [0.3, 0.4) is 0 Å². The maximum absolute atomic E-state index is 12.5. The van der Waals surface area contributed by atoms with E-state index in [2.05, 4.69) is 20.0 Å². The maximum atomic E-state index is 12.5. The highest BCUT2D eigenvalue weighted by molar-refractivity contribution is 5.98. The van der Waals surface area contributed by atoms with Crippen molar-refractivity contribution < 1.29 is 19.2 Å². The molecule has 2 aromatic carbocycles. The van der Waals surface area contributed by atoms with Gasteiger partial charge in [-0.1, -0.05) is 29.8 Å². The van der Waals surface area contributed by atoms with Gasteiger partial charge in [0, 0.05) is 10.9 Å². The molecular formula is C23H27N2O3+. The monoisotopic (exact) mass is 379 g/mol. The van der Waals surface area contributed by atoms with Gasteiger partial charge in [0.1, 0.15) is 24.5 Å². The van der Waals surface area contributed by atoms with Gasteiger partial charge in [-0.2, -0.15) is 0 Å². The molecular weight excluding hydrogens is 352 g/mol. The van der Waals surface area contributed by atoms with E-state index in [9.17, 15) is 4.79 Å². The van der Waals surface area contributed by atoms with Gasteiger partial charge in [0.15, 0.2) is 0 Å². The van der Waals surface area contributed by atoms with Crippen LogP contribution in [0.2, 0.25) is 0 Å². The number of carbonyl (C=O) groups excluding carboxylic acids is 1. The Balaban J connectivity index is 1.97. The Morgan fingerprint density at radius 2 is 1.82 bits per heavy atom. The number of hydrogen-bond donors (Lipinski definition) is 1. The van der Waals surface area contributed by atoms with E-state index in [1.807, 2.05) is 43.3 Å². The summed E-state index contributed by atoms with van der Waals surface area (Å²) >= 11 is 0. The third-order valence-electron chi connectivity index (χ3n) is 5.01. The number of aromatic nitrogens is 1. The van der Waals surface area contributed by atoms with Gasteiger partial charge in [0.25, 0.3) is 0 Å². The van der Waals surface area contributed by atoms with Gasteiger partial charge in [-0.25, -0.2) is 9.78 Å². The molecule has 0 bridgehead atoms. The third kappa shape index (κ3) is 3.99. The van der Waals surface area contributed by atoms with Crippen LogP contribution in [-0.4, -0.2) is 32.2 Å². The summed E-state index contributed by atoms with van der Waals surface area (Å²) in [5, 5.41) is 0.977. The number of ether oxygens (including phenoxy) is 2. The summed E-state index contributed by atoms with van der Waals surface area (Å²) in [4.78, 5) is 18.5. The van der Waals surface area contributed by atoms with E-state index < -0.39 is 0 Å². The van der Waals surface area contributed by atoms with Gasteiger partial charge in [0.2, 0.25) is 0 Å². The molecule has 3 rings (SSSR count). The van der Waals surface area contributed by atoms with Crippen molar-refractivity contribution in [3.05, 3.63) is 70.4 Å².